The number of rotatable bonds is 1. The molecule has 0 spiro atoms. The highest BCUT2D eigenvalue weighted by atomic mass is 32.1. The number of para-hydroxylation sites is 2. The average Bonchev–Trinajstić information content (AvgIpc) is 2.32. The fourth-order valence-corrected chi connectivity index (χ4v) is 2.12. The van der Waals surface area contributed by atoms with Gasteiger partial charge in [0.05, 0.1) is 16.4 Å². The zero-order chi connectivity index (χ0) is 10.8. The number of hydrogen-bond donors (Lipinski definition) is 1. The third-order valence-corrected chi connectivity index (χ3v) is 2.79. The van der Waals surface area contributed by atoms with Crippen molar-refractivity contribution in [1.82, 2.24) is 0 Å². The van der Waals surface area contributed by atoms with Gasteiger partial charge in [-0.25, -0.2) is 0 Å². The number of hydrogen-bond acceptors (Lipinski definition) is 2. The second-order valence-electron chi connectivity index (χ2n) is 3.63. The minimum Gasteiger partial charge on any atom is -0.348 e. The van der Waals surface area contributed by atoms with Gasteiger partial charge in [0, 0.05) is 12.5 Å². The van der Waals surface area contributed by atoms with Gasteiger partial charge in [0.15, 0.2) is 0 Å². The monoisotopic (exact) mass is 220 g/mol. The van der Waals surface area contributed by atoms with E-state index >= 15 is 0 Å². The van der Waals surface area contributed by atoms with E-state index in [2.05, 4.69) is 5.32 Å². The lowest BCUT2D eigenvalue weighted by molar-refractivity contribution is -0.107. The first-order valence-electron chi connectivity index (χ1n) is 4.85. The first-order valence-corrected chi connectivity index (χ1v) is 5.25. The smallest absolute Gasteiger partial charge is 0.214 e. The van der Waals surface area contributed by atoms with Crippen molar-refractivity contribution in [1.29, 1.82) is 0 Å². The predicted molar refractivity (Wildman–Crippen MR) is 65.3 cm³/mol. The van der Waals surface area contributed by atoms with Gasteiger partial charge in [-0.2, -0.15) is 0 Å². The van der Waals surface area contributed by atoms with Gasteiger partial charge in [-0.1, -0.05) is 24.4 Å². The van der Waals surface area contributed by atoms with Crippen LogP contribution in [0.5, 0.6) is 0 Å². The Hall–Kier alpha value is -1.42. The molecule has 0 bridgehead atoms. The summed E-state index contributed by atoms with van der Waals surface area (Å²) in [7, 11) is 0. The van der Waals surface area contributed by atoms with Gasteiger partial charge >= 0.3 is 0 Å². The van der Waals surface area contributed by atoms with E-state index in [4.69, 9.17) is 12.2 Å². The first kappa shape index (κ1) is 10.1. The van der Waals surface area contributed by atoms with Crippen LogP contribution in [0, 0.1) is 0 Å². The number of amides is 1. The van der Waals surface area contributed by atoms with Crippen molar-refractivity contribution in [2.24, 2.45) is 0 Å². The van der Waals surface area contributed by atoms with Crippen molar-refractivity contribution in [3.05, 3.63) is 24.3 Å². The lowest BCUT2D eigenvalue weighted by atomic mass is 10.2. The minimum absolute atomic E-state index is 0.103. The highest BCUT2D eigenvalue weighted by Gasteiger charge is 2.22. The molecule has 1 atom stereocenters. The minimum atomic E-state index is 0.103. The molecule has 1 aliphatic rings. The Morgan fingerprint density at radius 2 is 2.27 bits per heavy atom. The van der Waals surface area contributed by atoms with Crippen molar-refractivity contribution in [2.75, 3.05) is 10.2 Å². The quantitative estimate of drug-likeness (QED) is 0.581. The summed E-state index contributed by atoms with van der Waals surface area (Å²) in [5, 5.41) is 3.15. The summed E-state index contributed by atoms with van der Waals surface area (Å²) in [6.07, 6.45) is 1.56. The lowest BCUT2D eigenvalue weighted by Gasteiger charge is -2.22. The van der Waals surface area contributed by atoms with Gasteiger partial charge in [-0.05, 0) is 19.1 Å². The Kier molecular flexibility index (Phi) is 2.68. The normalized spacial score (nSPS) is 20.2. The molecule has 1 heterocycles. The van der Waals surface area contributed by atoms with E-state index in [-0.39, 0.29) is 6.04 Å². The summed E-state index contributed by atoms with van der Waals surface area (Å²) in [5.41, 5.74) is 1.79. The van der Waals surface area contributed by atoms with Gasteiger partial charge in [0.1, 0.15) is 0 Å². The molecule has 1 aromatic carbocycles. The summed E-state index contributed by atoms with van der Waals surface area (Å²) < 4.78 is 0. The Labute approximate surface area is 94.1 Å². The molecule has 2 rings (SSSR count). The second-order valence-corrected chi connectivity index (χ2v) is 4.12. The Bertz CT molecular complexity index is 405. The van der Waals surface area contributed by atoms with Crippen LogP contribution in [0.15, 0.2) is 24.3 Å². The van der Waals surface area contributed by atoms with Gasteiger partial charge in [0.2, 0.25) is 6.41 Å². The molecule has 1 aromatic rings. The van der Waals surface area contributed by atoms with Crippen LogP contribution in [0.4, 0.5) is 11.4 Å². The van der Waals surface area contributed by atoms with Crippen molar-refractivity contribution < 1.29 is 4.79 Å². The third-order valence-electron chi connectivity index (χ3n) is 2.53. The Morgan fingerprint density at radius 3 is 3.00 bits per heavy atom. The summed E-state index contributed by atoms with van der Waals surface area (Å²) in [5.74, 6) is 0. The molecule has 4 heteroatoms. The lowest BCUT2D eigenvalue weighted by Crippen LogP contribution is -2.31. The predicted octanol–water partition coefficient (Wildman–Crippen LogP) is 2.18. The molecule has 78 valence electrons. The third kappa shape index (κ3) is 1.85. The molecule has 0 saturated carbocycles. The number of nitrogens with zero attached hydrogens (tertiary/aromatic N) is 1. The van der Waals surface area contributed by atoms with Crippen LogP contribution < -0.4 is 10.2 Å². The maximum atomic E-state index is 11.0. The topological polar surface area (TPSA) is 32.3 Å². The van der Waals surface area contributed by atoms with Gasteiger partial charge in [0.25, 0.3) is 0 Å². The van der Waals surface area contributed by atoms with Gasteiger partial charge in [-0.15, -0.1) is 0 Å². The zero-order valence-electron chi connectivity index (χ0n) is 8.43. The fraction of sp³-hybridized carbons (Fsp3) is 0.273. The van der Waals surface area contributed by atoms with Crippen LogP contribution in [0.3, 0.4) is 0 Å². The molecule has 0 aromatic heterocycles. The van der Waals surface area contributed by atoms with Gasteiger partial charge < -0.3 is 10.2 Å². The molecule has 15 heavy (non-hydrogen) atoms. The number of carbonyl (C=O) groups is 1. The maximum absolute atomic E-state index is 11.0. The molecule has 1 N–H and O–H groups in total. The van der Waals surface area contributed by atoms with Crippen molar-refractivity contribution >= 4 is 35.0 Å². The van der Waals surface area contributed by atoms with Crippen LogP contribution in [0.25, 0.3) is 0 Å². The SMILES string of the molecule is C[C@@H]1CC(=S)Nc2ccccc2N1C=O. The Morgan fingerprint density at radius 1 is 1.53 bits per heavy atom. The van der Waals surface area contributed by atoms with E-state index in [1.54, 1.807) is 4.90 Å². The van der Waals surface area contributed by atoms with E-state index in [1.165, 1.54) is 0 Å². The van der Waals surface area contributed by atoms with E-state index in [1.807, 2.05) is 31.2 Å². The molecule has 1 aliphatic heterocycles. The second kappa shape index (κ2) is 3.98. The zero-order valence-corrected chi connectivity index (χ0v) is 9.25. The summed E-state index contributed by atoms with van der Waals surface area (Å²) in [6, 6.07) is 7.79. The van der Waals surface area contributed by atoms with Crippen molar-refractivity contribution in [3.63, 3.8) is 0 Å². The maximum Gasteiger partial charge on any atom is 0.214 e. The summed E-state index contributed by atoms with van der Waals surface area (Å²) >= 11 is 5.19. The molecule has 0 aliphatic carbocycles. The number of fused-ring (bicyclic) bond motifs is 1. The highest BCUT2D eigenvalue weighted by Crippen LogP contribution is 2.30. The van der Waals surface area contributed by atoms with Gasteiger partial charge in [-0.3, -0.25) is 4.79 Å². The average molecular weight is 220 g/mol. The molecular formula is C11H12N2OS. The molecule has 0 saturated heterocycles. The van der Waals surface area contributed by atoms with E-state index in [9.17, 15) is 4.79 Å². The standard InChI is InChI=1S/C11H12N2OS/c1-8-6-11(15)12-9-4-2-3-5-10(9)13(8)7-14/h2-5,7-8H,6H2,1H3,(H,12,15)/t8-/m1/s1. The molecule has 1 amide bonds. The highest BCUT2D eigenvalue weighted by molar-refractivity contribution is 7.80. The number of nitrogens with one attached hydrogen (secondary N) is 1. The van der Waals surface area contributed by atoms with Crippen LogP contribution >= 0.6 is 12.2 Å². The van der Waals surface area contributed by atoms with E-state index in [0.29, 0.717) is 6.42 Å². The molecule has 0 unspecified atom stereocenters. The first-order chi connectivity index (χ1) is 7.22. The molecule has 3 nitrogen and oxygen atoms in total. The van der Waals surface area contributed by atoms with Crippen LogP contribution in [0.1, 0.15) is 13.3 Å². The number of anilines is 2. The van der Waals surface area contributed by atoms with E-state index < -0.39 is 0 Å². The van der Waals surface area contributed by atoms with Crippen molar-refractivity contribution in [3.8, 4) is 0 Å². The summed E-state index contributed by atoms with van der Waals surface area (Å²) in [4.78, 5) is 13.5. The molecule has 0 fully saturated rings. The number of thiocarbonyl (C=S) groups is 1. The molecular weight excluding hydrogens is 208 g/mol. The Balaban J connectivity index is 2.50. The van der Waals surface area contributed by atoms with Crippen LogP contribution in [-0.4, -0.2) is 17.4 Å². The number of benzene rings is 1. The molecule has 0 radical (unpaired) electrons. The fourth-order valence-electron chi connectivity index (χ4n) is 1.77. The van der Waals surface area contributed by atoms with Crippen molar-refractivity contribution in [2.45, 2.75) is 19.4 Å². The van der Waals surface area contributed by atoms with Crippen LogP contribution in [-0.2, 0) is 4.79 Å². The van der Waals surface area contributed by atoms with Crippen LogP contribution in [0.2, 0.25) is 0 Å². The number of carbonyl (C=O) groups excluding carboxylic acids is 1. The summed E-state index contributed by atoms with van der Waals surface area (Å²) in [6.45, 7) is 1.99. The largest absolute Gasteiger partial charge is 0.348 e. The van der Waals surface area contributed by atoms with E-state index in [0.717, 1.165) is 22.8 Å².